The average Bonchev–Trinajstić information content (AvgIpc) is 3.33. The van der Waals surface area contributed by atoms with Gasteiger partial charge in [0.1, 0.15) is 6.04 Å². The lowest BCUT2D eigenvalue weighted by Gasteiger charge is -2.34. The van der Waals surface area contributed by atoms with Crippen molar-refractivity contribution < 1.29 is 23.9 Å². The van der Waals surface area contributed by atoms with Crippen LogP contribution in [-0.4, -0.2) is 80.1 Å². The molecule has 2 saturated heterocycles. The molecule has 1 aromatic carbocycles. The number of nitrogens with zero attached hydrogens (tertiary/aromatic N) is 3. The number of benzene rings is 1. The number of carbonyl (C=O) groups excluding carboxylic acids is 3. The Balaban J connectivity index is 1.35. The van der Waals surface area contributed by atoms with Gasteiger partial charge in [0.25, 0.3) is 0 Å². The van der Waals surface area contributed by atoms with Gasteiger partial charge in [0, 0.05) is 50.9 Å². The number of fused-ring (bicyclic) bond motifs is 1. The summed E-state index contributed by atoms with van der Waals surface area (Å²) in [5.41, 5.74) is 0.677. The standard InChI is InChI=1S/C20H26N4O5/c1-13(20(27)23-7-5-22(2)6-8-23)21-19(26)14-9-18(25)24(11-14)15-3-4-16-17(10-15)29-12-28-16/h3-4,10,13-14H,5-9,11-12H2,1-2H3,(H,21,26). The summed E-state index contributed by atoms with van der Waals surface area (Å²) in [7, 11) is 2.02. The van der Waals surface area contributed by atoms with Crippen LogP contribution in [-0.2, 0) is 14.4 Å². The van der Waals surface area contributed by atoms with E-state index < -0.39 is 12.0 Å². The Labute approximate surface area is 169 Å². The van der Waals surface area contributed by atoms with Crippen molar-refractivity contribution in [3.63, 3.8) is 0 Å². The van der Waals surface area contributed by atoms with Gasteiger partial charge >= 0.3 is 0 Å². The quantitative estimate of drug-likeness (QED) is 0.765. The number of nitrogens with one attached hydrogen (secondary N) is 1. The molecule has 3 heterocycles. The molecule has 0 aliphatic carbocycles. The molecule has 2 atom stereocenters. The minimum Gasteiger partial charge on any atom is -0.454 e. The van der Waals surface area contributed by atoms with Gasteiger partial charge in [-0.1, -0.05) is 0 Å². The van der Waals surface area contributed by atoms with Crippen LogP contribution < -0.4 is 19.7 Å². The van der Waals surface area contributed by atoms with Gasteiger partial charge in [-0.25, -0.2) is 0 Å². The van der Waals surface area contributed by atoms with Gasteiger partial charge in [-0.3, -0.25) is 14.4 Å². The van der Waals surface area contributed by atoms with Crippen molar-refractivity contribution in [1.82, 2.24) is 15.1 Å². The van der Waals surface area contributed by atoms with Gasteiger partial charge < -0.3 is 29.5 Å². The van der Waals surface area contributed by atoms with Crippen molar-refractivity contribution >= 4 is 23.4 Å². The van der Waals surface area contributed by atoms with Crippen LogP contribution in [0.25, 0.3) is 0 Å². The van der Waals surface area contributed by atoms with Crippen molar-refractivity contribution in [3.05, 3.63) is 18.2 Å². The number of hydrogen-bond donors (Lipinski definition) is 1. The van der Waals surface area contributed by atoms with Crippen molar-refractivity contribution in [1.29, 1.82) is 0 Å². The lowest BCUT2D eigenvalue weighted by atomic mass is 10.1. The van der Waals surface area contributed by atoms with Crippen molar-refractivity contribution in [2.24, 2.45) is 5.92 Å². The molecule has 0 saturated carbocycles. The van der Waals surface area contributed by atoms with Crippen LogP contribution in [0.2, 0.25) is 0 Å². The number of ether oxygens (including phenoxy) is 2. The maximum Gasteiger partial charge on any atom is 0.244 e. The van der Waals surface area contributed by atoms with Crippen LogP contribution in [0.5, 0.6) is 11.5 Å². The highest BCUT2D eigenvalue weighted by molar-refractivity contribution is 6.01. The Hall–Kier alpha value is -2.81. The lowest BCUT2D eigenvalue weighted by Crippen LogP contribution is -2.54. The van der Waals surface area contributed by atoms with Gasteiger partial charge in [-0.15, -0.1) is 0 Å². The van der Waals surface area contributed by atoms with Crippen LogP contribution in [0.1, 0.15) is 13.3 Å². The maximum atomic E-state index is 12.7. The zero-order valence-corrected chi connectivity index (χ0v) is 16.7. The summed E-state index contributed by atoms with van der Waals surface area (Å²) in [4.78, 5) is 43.3. The first kappa shape index (κ1) is 19.5. The number of anilines is 1. The number of amides is 3. The van der Waals surface area contributed by atoms with E-state index in [1.165, 1.54) is 0 Å². The number of piperazine rings is 1. The van der Waals surface area contributed by atoms with E-state index in [0.717, 1.165) is 13.1 Å². The van der Waals surface area contributed by atoms with E-state index in [4.69, 9.17) is 9.47 Å². The van der Waals surface area contributed by atoms with Crippen LogP contribution in [0.3, 0.4) is 0 Å². The smallest absolute Gasteiger partial charge is 0.244 e. The first-order valence-corrected chi connectivity index (χ1v) is 9.90. The Bertz CT molecular complexity index is 821. The summed E-state index contributed by atoms with van der Waals surface area (Å²) in [6, 6.07) is 4.68. The third-order valence-corrected chi connectivity index (χ3v) is 5.71. The van der Waals surface area contributed by atoms with E-state index in [-0.39, 0.29) is 37.5 Å². The number of carbonyl (C=O) groups is 3. The minimum absolute atomic E-state index is 0.0802. The van der Waals surface area contributed by atoms with Crippen LogP contribution in [0.15, 0.2) is 18.2 Å². The van der Waals surface area contributed by atoms with E-state index in [1.54, 1.807) is 34.9 Å². The zero-order valence-electron chi connectivity index (χ0n) is 16.7. The van der Waals surface area contributed by atoms with E-state index in [9.17, 15) is 14.4 Å². The lowest BCUT2D eigenvalue weighted by molar-refractivity contribution is -0.138. The van der Waals surface area contributed by atoms with Crippen LogP contribution >= 0.6 is 0 Å². The molecule has 29 heavy (non-hydrogen) atoms. The van der Waals surface area contributed by atoms with Gasteiger partial charge in [0.2, 0.25) is 24.5 Å². The number of likely N-dealkylation sites (N-methyl/N-ethyl adjacent to an activating group) is 1. The van der Waals surface area contributed by atoms with Crippen molar-refractivity contribution in [2.45, 2.75) is 19.4 Å². The molecule has 0 bridgehead atoms. The Morgan fingerprint density at radius 1 is 1.14 bits per heavy atom. The SMILES string of the molecule is CC(NC(=O)C1CC(=O)N(c2ccc3c(c2)OCO3)C1)C(=O)N1CCN(C)CC1. The maximum absolute atomic E-state index is 12.7. The Kier molecular flexibility index (Phi) is 5.31. The molecule has 9 nitrogen and oxygen atoms in total. The van der Waals surface area contributed by atoms with Crippen molar-refractivity contribution in [2.75, 3.05) is 51.5 Å². The highest BCUT2D eigenvalue weighted by Gasteiger charge is 2.37. The largest absolute Gasteiger partial charge is 0.454 e. The fraction of sp³-hybridized carbons (Fsp3) is 0.550. The number of hydrogen-bond acceptors (Lipinski definition) is 6. The highest BCUT2D eigenvalue weighted by atomic mass is 16.7. The van der Waals surface area contributed by atoms with Crippen LogP contribution in [0, 0.1) is 5.92 Å². The monoisotopic (exact) mass is 402 g/mol. The normalized spacial score (nSPS) is 22.7. The third kappa shape index (κ3) is 4.00. The van der Waals surface area contributed by atoms with E-state index in [1.807, 2.05) is 7.05 Å². The molecule has 3 amide bonds. The topological polar surface area (TPSA) is 91.4 Å². The summed E-state index contributed by atoms with van der Waals surface area (Å²) in [5.74, 6) is 0.276. The van der Waals surface area contributed by atoms with Crippen LogP contribution in [0.4, 0.5) is 5.69 Å². The molecule has 1 aromatic rings. The zero-order chi connectivity index (χ0) is 20.5. The molecule has 156 valence electrons. The van der Waals surface area contributed by atoms with Gasteiger partial charge in [-0.2, -0.15) is 0 Å². The molecule has 0 radical (unpaired) electrons. The second-order valence-corrected chi connectivity index (χ2v) is 7.80. The fourth-order valence-electron chi connectivity index (χ4n) is 3.88. The molecule has 0 aromatic heterocycles. The molecule has 3 aliphatic heterocycles. The Morgan fingerprint density at radius 2 is 1.86 bits per heavy atom. The summed E-state index contributed by atoms with van der Waals surface area (Å²) in [6.07, 6.45) is 0.121. The molecular formula is C20H26N4O5. The third-order valence-electron chi connectivity index (χ3n) is 5.71. The number of rotatable bonds is 4. The van der Waals surface area contributed by atoms with E-state index in [2.05, 4.69) is 10.2 Å². The molecular weight excluding hydrogens is 376 g/mol. The molecule has 3 aliphatic rings. The fourth-order valence-corrected chi connectivity index (χ4v) is 3.88. The molecule has 1 N–H and O–H groups in total. The van der Waals surface area contributed by atoms with Gasteiger partial charge in [-0.05, 0) is 26.1 Å². The second kappa shape index (κ2) is 7.90. The highest BCUT2D eigenvalue weighted by Crippen LogP contribution is 2.37. The molecule has 4 rings (SSSR count). The average molecular weight is 402 g/mol. The summed E-state index contributed by atoms with van der Waals surface area (Å²) < 4.78 is 10.7. The van der Waals surface area contributed by atoms with Gasteiger partial charge in [0.05, 0.1) is 5.92 Å². The molecule has 9 heteroatoms. The summed E-state index contributed by atoms with van der Waals surface area (Å²) >= 11 is 0. The summed E-state index contributed by atoms with van der Waals surface area (Å²) in [5, 5.41) is 2.80. The predicted octanol–water partition coefficient (Wildman–Crippen LogP) is 0.0469. The van der Waals surface area contributed by atoms with E-state index in [0.29, 0.717) is 30.3 Å². The molecule has 2 fully saturated rings. The molecule has 2 unspecified atom stereocenters. The predicted molar refractivity (Wildman–Crippen MR) is 105 cm³/mol. The Morgan fingerprint density at radius 3 is 2.62 bits per heavy atom. The first-order chi connectivity index (χ1) is 13.9. The summed E-state index contributed by atoms with van der Waals surface area (Å²) in [6.45, 7) is 5.12. The van der Waals surface area contributed by atoms with Crippen molar-refractivity contribution in [3.8, 4) is 11.5 Å². The first-order valence-electron chi connectivity index (χ1n) is 9.90. The molecule has 0 spiro atoms. The minimum atomic E-state index is -0.611. The van der Waals surface area contributed by atoms with Gasteiger partial charge in [0.15, 0.2) is 11.5 Å². The second-order valence-electron chi connectivity index (χ2n) is 7.80. The van der Waals surface area contributed by atoms with E-state index >= 15 is 0 Å².